The van der Waals surface area contributed by atoms with Gasteiger partial charge >= 0.3 is 0 Å². The molecule has 0 aliphatic carbocycles. The van der Waals surface area contributed by atoms with E-state index < -0.39 is 11.7 Å². The van der Waals surface area contributed by atoms with Crippen LogP contribution < -0.4 is 5.32 Å². The summed E-state index contributed by atoms with van der Waals surface area (Å²) in [4.78, 5) is 17.1. The van der Waals surface area contributed by atoms with Crippen LogP contribution in [0.5, 0.6) is 5.75 Å². The number of hydrogen-bond donors (Lipinski definition) is 2. The maximum absolute atomic E-state index is 13.6. The molecule has 7 heteroatoms. The molecule has 0 unspecified atom stereocenters. The Morgan fingerprint density at radius 3 is 2.92 bits per heavy atom. The predicted octanol–water partition coefficient (Wildman–Crippen LogP) is 4.04. The quantitative estimate of drug-likeness (QED) is 0.700. The number of nitrogens with zero attached hydrogens (tertiary/aromatic N) is 2. The second-order valence-corrected chi connectivity index (χ2v) is 5.78. The molecule has 0 fully saturated rings. The van der Waals surface area contributed by atoms with Gasteiger partial charge in [-0.3, -0.25) is 9.20 Å². The summed E-state index contributed by atoms with van der Waals surface area (Å²) in [6.07, 6.45) is 2.58. The molecule has 2 N–H and O–H groups in total. The van der Waals surface area contributed by atoms with Crippen LogP contribution in [0, 0.1) is 5.82 Å². The van der Waals surface area contributed by atoms with E-state index in [1.54, 1.807) is 0 Å². The minimum absolute atomic E-state index is 0.107. The van der Waals surface area contributed by atoms with Crippen molar-refractivity contribution in [1.82, 2.24) is 9.38 Å². The largest absolute Gasteiger partial charge is 0.506 e. The van der Waals surface area contributed by atoms with Crippen molar-refractivity contribution >= 4 is 28.8 Å². The lowest BCUT2D eigenvalue weighted by molar-refractivity contribution is 0.102. The number of aryl methyl sites for hydroxylation is 1. The van der Waals surface area contributed by atoms with Crippen LogP contribution in [0.1, 0.15) is 29.5 Å². The highest BCUT2D eigenvalue weighted by Crippen LogP contribution is 2.27. The molecule has 3 rings (SSSR count). The molecule has 0 bridgehead atoms. The molecule has 0 atom stereocenters. The van der Waals surface area contributed by atoms with Crippen molar-refractivity contribution in [3.05, 3.63) is 58.8 Å². The van der Waals surface area contributed by atoms with Gasteiger partial charge in [-0.15, -0.1) is 0 Å². The lowest BCUT2D eigenvalue weighted by Crippen LogP contribution is -2.16. The summed E-state index contributed by atoms with van der Waals surface area (Å²) >= 11 is 5.89. The molecule has 5 nitrogen and oxygen atoms in total. The second-order valence-electron chi connectivity index (χ2n) is 5.35. The van der Waals surface area contributed by atoms with Crippen molar-refractivity contribution in [2.75, 3.05) is 5.32 Å². The molecule has 124 valence electrons. The predicted molar refractivity (Wildman–Crippen MR) is 90.2 cm³/mol. The molecule has 24 heavy (non-hydrogen) atoms. The molecule has 0 aliphatic rings. The van der Waals surface area contributed by atoms with Crippen molar-refractivity contribution in [1.29, 1.82) is 0 Å². The van der Waals surface area contributed by atoms with Crippen LogP contribution in [-0.4, -0.2) is 20.4 Å². The second kappa shape index (κ2) is 6.49. The molecule has 3 aromatic rings. The highest BCUT2D eigenvalue weighted by molar-refractivity contribution is 6.31. The lowest BCUT2D eigenvalue weighted by Gasteiger charge is -2.09. The van der Waals surface area contributed by atoms with Crippen LogP contribution in [0.2, 0.25) is 5.02 Å². The van der Waals surface area contributed by atoms with Crippen molar-refractivity contribution in [3.8, 4) is 5.75 Å². The van der Waals surface area contributed by atoms with Gasteiger partial charge in [0.25, 0.3) is 5.91 Å². The first-order chi connectivity index (χ1) is 11.5. The number of rotatable bonds is 4. The highest BCUT2D eigenvalue weighted by Gasteiger charge is 2.20. The normalized spacial score (nSPS) is 11.0. The zero-order valence-electron chi connectivity index (χ0n) is 12.9. The molecular formula is C17H15ClFN3O2. The number of fused-ring (bicyclic) bond motifs is 1. The van der Waals surface area contributed by atoms with E-state index in [0.29, 0.717) is 22.8 Å². The molecule has 0 spiro atoms. The molecule has 0 saturated heterocycles. The number of carbonyl (C=O) groups excluding carboxylic acids is 1. The Balaban J connectivity index is 2.06. The summed E-state index contributed by atoms with van der Waals surface area (Å²) in [5, 5.41) is 12.8. The Bertz CT molecular complexity index is 924. The van der Waals surface area contributed by atoms with Gasteiger partial charge in [0, 0.05) is 11.2 Å². The summed E-state index contributed by atoms with van der Waals surface area (Å²) in [6, 6.07) is 7.15. The molecule has 0 radical (unpaired) electrons. The number of pyridine rings is 1. The van der Waals surface area contributed by atoms with Gasteiger partial charge in [-0.25, -0.2) is 9.37 Å². The van der Waals surface area contributed by atoms with E-state index in [2.05, 4.69) is 10.3 Å². The van der Waals surface area contributed by atoms with Crippen molar-refractivity contribution in [3.63, 3.8) is 0 Å². The Hall–Kier alpha value is -2.60. The Labute approximate surface area is 142 Å². The van der Waals surface area contributed by atoms with E-state index in [0.717, 1.165) is 6.42 Å². The molecule has 0 saturated carbocycles. The molecule has 1 aromatic carbocycles. The fraction of sp³-hybridized carbons (Fsp3) is 0.176. The monoisotopic (exact) mass is 347 g/mol. The molecule has 1 amide bonds. The average Bonchev–Trinajstić information content (AvgIpc) is 2.88. The Kier molecular flexibility index (Phi) is 4.40. The first kappa shape index (κ1) is 16.3. The Morgan fingerprint density at radius 2 is 2.17 bits per heavy atom. The number of nitrogens with one attached hydrogen (secondary N) is 1. The highest BCUT2D eigenvalue weighted by atomic mass is 35.5. The number of benzene rings is 1. The zero-order chi connectivity index (χ0) is 17.3. The third-order valence-electron chi connectivity index (χ3n) is 3.56. The number of phenols is 1. The summed E-state index contributed by atoms with van der Waals surface area (Å²) in [7, 11) is 0. The van der Waals surface area contributed by atoms with Gasteiger partial charge in [0.1, 0.15) is 22.9 Å². The van der Waals surface area contributed by atoms with Gasteiger partial charge in [0.15, 0.2) is 0 Å². The van der Waals surface area contributed by atoms with Crippen LogP contribution in [0.25, 0.3) is 5.65 Å². The van der Waals surface area contributed by atoms with Crippen LogP contribution in [0.4, 0.5) is 10.1 Å². The lowest BCUT2D eigenvalue weighted by atomic mass is 10.2. The van der Waals surface area contributed by atoms with Gasteiger partial charge in [0.2, 0.25) is 0 Å². The molecular weight excluding hydrogens is 333 g/mol. The summed E-state index contributed by atoms with van der Waals surface area (Å²) < 4.78 is 15.0. The smallest absolute Gasteiger partial charge is 0.274 e. The van der Waals surface area contributed by atoms with E-state index in [9.17, 15) is 14.3 Å². The number of aromatic hydroxyl groups is 1. The van der Waals surface area contributed by atoms with Gasteiger partial charge in [-0.1, -0.05) is 24.9 Å². The maximum Gasteiger partial charge on any atom is 0.274 e. The third kappa shape index (κ3) is 3.05. The minimum atomic E-state index is -0.492. The third-order valence-corrected chi connectivity index (χ3v) is 3.80. The maximum atomic E-state index is 13.6. The molecule has 2 heterocycles. The number of phenolic OH excluding ortho intramolecular Hbond substituents is 1. The van der Waals surface area contributed by atoms with Crippen molar-refractivity contribution in [2.45, 2.75) is 19.8 Å². The number of imidazole rings is 1. The van der Waals surface area contributed by atoms with Crippen LogP contribution in [-0.2, 0) is 6.42 Å². The molecule has 2 aromatic heterocycles. The number of halogens is 2. The summed E-state index contributed by atoms with van der Waals surface area (Å²) in [5.74, 6) is -1.07. The van der Waals surface area contributed by atoms with E-state index in [4.69, 9.17) is 11.6 Å². The first-order valence-electron chi connectivity index (χ1n) is 7.46. The number of carbonyl (C=O) groups is 1. The number of anilines is 1. The summed E-state index contributed by atoms with van der Waals surface area (Å²) in [6.45, 7) is 1.97. The van der Waals surface area contributed by atoms with Crippen LogP contribution in [0.3, 0.4) is 0 Å². The van der Waals surface area contributed by atoms with Gasteiger partial charge < -0.3 is 10.4 Å². The number of amides is 1. The Morgan fingerprint density at radius 1 is 1.38 bits per heavy atom. The van der Waals surface area contributed by atoms with Crippen molar-refractivity contribution < 1.29 is 14.3 Å². The fourth-order valence-corrected chi connectivity index (χ4v) is 2.68. The van der Waals surface area contributed by atoms with Crippen LogP contribution in [0.15, 0.2) is 36.5 Å². The molecule has 0 aliphatic heterocycles. The number of hydrogen-bond acceptors (Lipinski definition) is 3. The van der Waals surface area contributed by atoms with Gasteiger partial charge in [0.05, 0.1) is 11.4 Å². The standard InChI is InChI=1S/C17H15ClFN3O2/c1-2-3-12-16(22-9-11(19)5-7-15(22)20-12)17(24)21-13-8-10(18)4-6-14(13)23/h4-9,23H,2-3H2,1H3,(H,21,24). The first-order valence-corrected chi connectivity index (χ1v) is 7.83. The summed E-state index contributed by atoms with van der Waals surface area (Å²) in [5.41, 5.74) is 1.48. The topological polar surface area (TPSA) is 66.6 Å². The minimum Gasteiger partial charge on any atom is -0.506 e. The van der Waals surface area contributed by atoms with E-state index in [1.165, 1.54) is 40.9 Å². The van der Waals surface area contributed by atoms with E-state index in [-0.39, 0.29) is 17.1 Å². The van der Waals surface area contributed by atoms with Crippen molar-refractivity contribution in [2.24, 2.45) is 0 Å². The van der Waals surface area contributed by atoms with Crippen LogP contribution >= 0.6 is 11.6 Å². The zero-order valence-corrected chi connectivity index (χ0v) is 13.6. The SMILES string of the molecule is CCCc1nc2ccc(F)cn2c1C(=O)Nc1cc(Cl)ccc1O. The number of aromatic nitrogens is 2. The van der Waals surface area contributed by atoms with Gasteiger partial charge in [-0.05, 0) is 36.8 Å². The fourth-order valence-electron chi connectivity index (χ4n) is 2.51. The average molecular weight is 348 g/mol. The van der Waals surface area contributed by atoms with E-state index in [1.807, 2.05) is 6.92 Å². The van der Waals surface area contributed by atoms with Gasteiger partial charge in [-0.2, -0.15) is 0 Å². The van der Waals surface area contributed by atoms with E-state index >= 15 is 0 Å².